The van der Waals surface area contributed by atoms with Crippen LogP contribution in [-0.4, -0.2) is 42.7 Å². The van der Waals surface area contributed by atoms with Crippen LogP contribution in [0.1, 0.15) is 32.8 Å². The summed E-state index contributed by atoms with van der Waals surface area (Å²) >= 11 is 0. The average Bonchev–Trinajstić information content (AvgIpc) is 3.02. The number of hydrogen-bond donors (Lipinski definition) is 1. The van der Waals surface area contributed by atoms with Gasteiger partial charge in [0.15, 0.2) is 0 Å². The van der Waals surface area contributed by atoms with E-state index in [-0.39, 0.29) is 12.0 Å². The molecule has 0 unspecified atom stereocenters. The molecule has 1 atom stereocenters. The first-order valence-corrected chi connectivity index (χ1v) is 7.74. The molecule has 2 heterocycles. The minimum Gasteiger partial charge on any atom is -0.496 e. The van der Waals surface area contributed by atoms with Crippen LogP contribution in [0, 0.1) is 0 Å². The number of amides is 2. The number of anilines is 1. The minimum absolute atomic E-state index is 0.0805. The van der Waals surface area contributed by atoms with Crippen LogP contribution >= 0.6 is 0 Å². The molecule has 1 spiro atoms. The highest BCUT2D eigenvalue weighted by Crippen LogP contribution is 2.48. The SMILES string of the molecule is COc1cccc2c1[C@]1(CCN(C(=O)OC(C)(C)C)C1)C(=O)N2. The number of benzene rings is 1. The second-order valence-corrected chi connectivity index (χ2v) is 7.07. The second kappa shape index (κ2) is 5.15. The molecule has 2 aliphatic rings. The van der Waals surface area contributed by atoms with Crippen LogP contribution < -0.4 is 10.1 Å². The summed E-state index contributed by atoms with van der Waals surface area (Å²) in [6.07, 6.45) is 0.177. The van der Waals surface area contributed by atoms with E-state index in [2.05, 4.69) is 5.32 Å². The average molecular weight is 318 g/mol. The molecule has 3 rings (SSSR count). The highest BCUT2D eigenvalue weighted by Gasteiger charge is 2.54. The summed E-state index contributed by atoms with van der Waals surface area (Å²) in [6, 6.07) is 5.55. The van der Waals surface area contributed by atoms with Gasteiger partial charge in [0.2, 0.25) is 5.91 Å². The lowest BCUT2D eigenvalue weighted by Gasteiger charge is -2.26. The molecule has 0 saturated carbocycles. The zero-order valence-electron chi connectivity index (χ0n) is 13.9. The van der Waals surface area contributed by atoms with Crippen molar-refractivity contribution in [2.75, 3.05) is 25.5 Å². The van der Waals surface area contributed by atoms with Gasteiger partial charge in [-0.05, 0) is 39.3 Å². The van der Waals surface area contributed by atoms with Crippen molar-refractivity contribution in [1.82, 2.24) is 4.90 Å². The molecule has 6 nitrogen and oxygen atoms in total. The fourth-order valence-electron chi connectivity index (χ4n) is 3.34. The highest BCUT2D eigenvalue weighted by molar-refractivity contribution is 6.08. The van der Waals surface area contributed by atoms with E-state index in [0.717, 1.165) is 11.3 Å². The van der Waals surface area contributed by atoms with Crippen LogP contribution in [0.4, 0.5) is 10.5 Å². The summed E-state index contributed by atoms with van der Waals surface area (Å²) < 4.78 is 10.9. The molecule has 124 valence electrons. The first-order chi connectivity index (χ1) is 10.8. The predicted octanol–water partition coefficient (Wildman–Crippen LogP) is 2.53. The number of methoxy groups -OCH3 is 1. The predicted molar refractivity (Wildman–Crippen MR) is 85.7 cm³/mol. The van der Waals surface area contributed by atoms with Gasteiger partial charge in [-0.15, -0.1) is 0 Å². The van der Waals surface area contributed by atoms with Gasteiger partial charge in [-0.2, -0.15) is 0 Å². The summed E-state index contributed by atoms with van der Waals surface area (Å²) in [4.78, 5) is 26.5. The summed E-state index contributed by atoms with van der Waals surface area (Å²) in [5, 5.41) is 2.91. The van der Waals surface area contributed by atoms with Crippen molar-refractivity contribution in [3.05, 3.63) is 23.8 Å². The van der Waals surface area contributed by atoms with E-state index in [1.807, 2.05) is 39.0 Å². The third-order valence-electron chi connectivity index (χ3n) is 4.33. The summed E-state index contributed by atoms with van der Waals surface area (Å²) in [7, 11) is 1.59. The normalized spacial score (nSPS) is 23.0. The first kappa shape index (κ1) is 15.6. The molecule has 0 aromatic heterocycles. The smallest absolute Gasteiger partial charge is 0.410 e. The maximum atomic E-state index is 12.6. The molecule has 1 aromatic carbocycles. The van der Waals surface area contributed by atoms with E-state index in [1.165, 1.54) is 0 Å². The molecule has 1 N–H and O–H groups in total. The molecule has 0 bridgehead atoms. The standard InChI is InChI=1S/C17H22N2O4/c1-16(2,3)23-15(21)19-9-8-17(10-19)13-11(18-14(17)20)6-5-7-12(13)22-4/h5-7H,8-10H2,1-4H3,(H,18,20)/t17-/m1/s1. The molecule has 1 fully saturated rings. The molecule has 2 aliphatic heterocycles. The Morgan fingerprint density at radius 3 is 2.74 bits per heavy atom. The van der Waals surface area contributed by atoms with Crippen molar-refractivity contribution in [3.8, 4) is 5.75 Å². The van der Waals surface area contributed by atoms with Gasteiger partial charge in [0, 0.05) is 24.3 Å². The fraction of sp³-hybridized carbons (Fsp3) is 0.529. The van der Waals surface area contributed by atoms with Crippen molar-refractivity contribution in [2.24, 2.45) is 0 Å². The quantitative estimate of drug-likeness (QED) is 0.864. The van der Waals surface area contributed by atoms with E-state index in [0.29, 0.717) is 25.3 Å². The van der Waals surface area contributed by atoms with Crippen molar-refractivity contribution >= 4 is 17.7 Å². The van der Waals surface area contributed by atoms with Crippen LogP contribution in [0.15, 0.2) is 18.2 Å². The first-order valence-electron chi connectivity index (χ1n) is 7.74. The molecule has 6 heteroatoms. The van der Waals surface area contributed by atoms with Gasteiger partial charge in [0.1, 0.15) is 11.4 Å². The Bertz CT molecular complexity index is 665. The fourth-order valence-corrected chi connectivity index (χ4v) is 3.34. The molecular formula is C17H22N2O4. The van der Waals surface area contributed by atoms with Gasteiger partial charge in [-0.3, -0.25) is 4.79 Å². The number of nitrogens with one attached hydrogen (secondary N) is 1. The van der Waals surface area contributed by atoms with E-state index < -0.39 is 11.0 Å². The molecule has 2 amide bonds. The molecular weight excluding hydrogens is 296 g/mol. The van der Waals surface area contributed by atoms with Gasteiger partial charge < -0.3 is 19.7 Å². The number of rotatable bonds is 1. The Labute approximate surface area is 135 Å². The summed E-state index contributed by atoms with van der Waals surface area (Å²) in [5.74, 6) is 0.593. The lowest BCUT2D eigenvalue weighted by Crippen LogP contribution is -2.41. The van der Waals surface area contributed by atoms with Crippen molar-refractivity contribution in [2.45, 2.75) is 38.2 Å². The van der Waals surface area contributed by atoms with E-state index in [1.54, 1.807) is 12.0 Å². The summed E-state index contributed by atoms with van der Waals surface area (Å²) in [6.45, 7) is 6.28. The van der Waals surface area contributed by atoms with Crippen LogP contribution in [0.3, 0.4) is 0 Å². The number of carbonyl (C=O) groups excluding carboxylic acids is 2. The van der Waals surface area contributed by atoms with Crippen LogP contribution in [0.5, 0.6) is 5.75 Å². The van der Waals surface area contributed by atoms with Crippen LogP contribution in [0.2, 0.25) is 0 Å². The number of carbonyl (C=O) groups is 2. The lowest BCUT2D eigenvalue weighted by atomic mass is 9.80. The Balaban J connectivity index is 1.91. The molecule has 0 aliphatic carbocycles. The van der Waals surface area contributed by atoms with Crippen molar-refractivity contribution in [3.63, 3.8) is 0 Å². The molecule has 23 heavy (non-hydrogen) atoms. The second-order valence-electron chi connectivity index (χ2n) is 7.07. The summed E-state index contributed by atoms with van der Waals surface area (Å²) in [5.41, 5.74) is 0.304. The van der Waals surface area contributed by atoms with Gasteiger partial charge in [0.25, 0.3) is 0 Å². The van der Waals surface area contributed by atoms with Gasteiger partial charge in [-0.1, -0.05) is 6.07 Å². The topological polar surface area (TPSA) is 67.9 Å². The molecule has 1 saturated heterocycles. The Kier molecular flexibility index (Phi) is 3.50. The molecule has 1 aromatic rings. The van der Waals surface area contributed by atoms with Gasteiger partial charge in [0.05, 0.1) is 12.5 Å². The Hall–Kier alpha value is -2.24. The number of nitrogens with zero attached hydrogens (tertiary/aromatic N) is 1. The number of ether oxygens (including phenoxy) is 2. The highest BCUT2D eigenvalue weighted by atomic mass is 16.6. The lowest BCUT2D eigenvalue weighted by molar-refractivity contribution is -0.120. The number of fused-ring (bicyclic) bond motifs is 2. The van der Waals surface area contributed by atoms with Gasteiger partial charge in [-0.25, -0.2) is 4.79 Å². The van der Waals surface area contributed by atoms with Crippen LogP contribution in [0.25, 0.3) is 0 Å². The molecule has 0 radical (unpaired) electrons. The van der Waals surface area contributed by atoms with E-state index in [9.17, 15) is 9.59 Å². The minimum atomic E-state index is -0.751. The largest absolute Gasteiger partial charge is 0.496 e. The zero-order chi connectivity index (χ0) is 16.8. The maximum Gasteiger partial charge on any atom is 0.410 e. The van der Waals surface area contributed by atoms with Crippen molar-refractivity contribution < 1.29 is 19.1 Å². The van der Waals surface area contributed by atoms with Crippen LogP contribution in [-0.2, 0) is 14.9 Å². The van der Waals surface area contributed by atoms with E-state index in [4.69, 9.17) is 9.47 Å². The van der Waals surface area contributed by atoms with Gasteiger partial charge >= 0.3 is 6.09 Å². The third kappa shape index (κ3) is 2.52. The maximum absolute atomic E-state index is 12.6. The Morgan fingerprint density at radius 1 is 1.35 bits per heavy atom. The number of hydrogen-bond acceptors (Lipinski definition) is 4. The zero-order valence-corrected chi connectivity index (χ0v) is 13.9. The Morgan fingerprint density at radius 2 is 2.09 bits per heavy atom. The van der Waals surface area contributed by atoms with E-state index >= 15 is 0 Å². The van der Waals surface area contributed by atoms with Crippen molar-refractivity contribution in [1.29, 1.82) is 0 Å². The monoisotopic (exact) mass is 318 g/mol. The third-order valence-corrected chi connectivity index (χ3v) is 4.33. The number of likely N-dealkylation sites (tertiary alicyclic amines) is 1.